The summed E-state index contributed by atoms with van der Waals surface area (Å²) in [6.07, 6.45) is 0.718. The van der Waals surface area contributed by atoms with Gasteiger partial charge < -0.3 is 19.5 Å². The van der Waals surface area contributed by atoms with Gasteiger partial charge in [0.2, 0.25) is 0 Å². The molecule has 0 spiro atoms. The van der Waals surface area contributed by atoms with Gasteiger partial charge in [0.1, 0.15) is 11.4 Å². The van der Waals surface area contributed by atoms with Crippen LogP contribution in [0.2, 0.25) is 0 Å². The van der Waals surface area contributed by atoms with Gasteiger partial charge in [-0.3, -0.25) is 10.1 Å². The van der Waals surface area contributed by atoms with E-state index in [-0.39, 0.29) is 5.69 Å². The number of hydrogen-bond acceptors (Lipinski definition) is 6. The lowest BCUT2D eigenvalue weighted by molar-refractivity contribution is -0.384. The Morgan fingerprint density at radius 2 is 1.62 bits per heavy atom. The molecule has 7 heteroatoms. The highest BCUT2D eigenvalue weighted by Gasteiger charge is 2.19. The predicted octanol–water partition coefficient (Wildman–Crippen LogP) is 3.28. The fourth-order valence-electron chi connectivity index (χ4n) is 2.29. The maximum atomic E-state index is 11.2. The van der Waals surface area contributed by atoms with Gasteiger partial charge in [0.25, 0.3) is 5.69 Å². The third-order valence-corrected chi connectivity index (χ3v) is 3.59. The van der Waals surface area contributed by atoms with Crippen molar-refractivity contribution in [1.82, 2.24) is 0 Å². The molecule has 0 atom stereocenters. The van der Waals surface area contributed by atoms with Crippen molar-refractivity contribution in [2.75, 3.05) is 33.2 Å². The van der Waals surface area contributed by atoms with Gasteiger partial charge in [0, 0.05) is 12.6 Å². The van der Waals surface area contributed by atoms with E-state index in [2.05, 4.69) is 5.32 Å². The van der Waals surface area contributed by atoms with Crippen molar-refractivity contribution >= 4 is 11.4 Å². The Balaban J connectivity index is 2.11. The van der Waals surface area contributed by atoms with Crippen molar-refractivity contribution in [1.29, 1.82) is 0 Å². The van der Waals surface area contributed by atoms with Gasteiger partial charge in [0.05, 0.1) is 32.3 Å². The molecule has 0 aliphatic heterocycles. The minimum atomic E-state index is -0.447. The Morgan fingerprint density at radius 1 is 1.00 bits per heavy atom. The van der Waals surface area contributed by atoms with Crippen molar-refractivity contribution in [3.8, 4) is 17.2 Å². The molecule has 0 radical (unpaired) electrons. The number of anilines is 1. The highest BCUT2D eigenvalue weighted by molar-refractivity contribution is 5.68. The summed E-state index contributed by atoms with van der Waals surface area (Å²) >= 11 is 0. The van der Waals surface area contributed by atoms with Gasteiger partial charge in [0.15, 0.2) is 11.5 Å². The third-order valence-electron chi connectivity index (χ3n) is 3.59. The first-order valence-electron chi connectivity index (χ1n) is 7.36. The molecular formula is C17H20N2O5. The maximum Gasteiger partial charge on any atom is 0.296 e. The number of methoxy groups -OCH3 is 3. The van der Waals surface area contributed by atoms with Crippen molar-refractivity contribution in [2.24, 2.45) is 0 Å². The molecule has 0 heterocycles. The minimum Gasteiger partial charge on any atom is -0.497 e. The van der Waals surface area contributed by atoms with Crippen molar-refractivity contribution in [2.45, 2.75) is 6.42 Å². The Labute approximate surface area is 140 Å². The van der Waals surface area contributed by atoms with Crippen molar-refractivity contribution in [3.05, 3.63) is 52.1 Å². The molecule has 2 aromatic carbocycles. The molecule has 0 aliphatic carbocycles. The van der Waals surface area contributed by atoms with E-state index in [0.29, 0.717) is 23.7 Å². The molecule has 24 heavy (non-hydrogen) atoms. The first kappa shape index (κ1) is 17.4. The van der Waals surface area contributed by atoms with Crippen molar-refractivity contribution < 1.29 is 19.1 Å². The molecule has 2 rings (SSSR count). The first-order chi connectivity index (χ1) is 11.6. The standard InChI is InChI=1S/C17H20N2O5/c1-22-13-6-4-12(5-7-13)8-9-18-14-10-16(23-2)17(24-3)11-15(14)19(20)21/h4-7,10-11,18H,8-9H2,1-3H3. The van der Waals surface area contributed by atoms with Gasteiger partial charge in [-0.05, 0) is 24.1 Å². The Bertz CT molecular complexity index is 701. The summed E-state index contributed by atoms with van der Waals surface area (Å²) in [5.74, 6) is 1.56. The number of nitrogens with one attached hydrogen (secondary N) is 1. The van der Waals surface area contributed by atoms with Gasteiger partial charge in [-0.1, -0.05) is 12.1 Å². The fourth-order valence-corrected chi connectivity index (χ4v) is 2.29. The van der Waals surface area contributed by atoms with Gasteiger partial charge in [-0.25, -0.2) is 0 Å². The van der Waals surface area contributed by atoms with Crippen LogP contribution in [0.4, 0.5) is 11.4 Å². The van der Waals surface area contributed by atoms with Crippen LogP contribution in [-0.4, -0.2) is 32.8 Å². The van der Waals surface area contributed by atoms with Gasteiger partial charge in [-0.15, -0.1) is 0 Å². The molecule has 0 saturated heterocycles. The lowest BCUT2D eigenvalue weighted by atomic mass is 10.1. The second kappa shape index (κ2) is 8.05. The largest absolute Gasteiger partial charge is 0.497 e. The number of ether oxygens (including phenoxy) is 3. The number of nitro benzene ring substituents is 1. The highest BCUT2D eigenvalue weighted by atomic mass is 16.6. The molecule has 0 saturated carbocycles. The molecule has 0 aliphatic rings. The molecule has 0 fully saturated rings. The molecule has 0 unspecified atom stereocenters. The topological polar surface area (TPSA) is 82.9 Å². The van der Waals surface area contributed by atoms with E-state index in [1.807, 2.05) is 24.3 Å². The third kappa shape index (κ3) is 4.07. The van der Waals surface area contributed by atoms with E-state index in [1.54, 1.807) is 13.2 Å². The summed E-state index contributed by atoms with van der Waals surface area (Å²) in [4.78, 5) is 10.8. The van der Waals surface area contributed by atoms with E-state index in [9.17, 15) is 10.1 Å². The summed E-state index contributed by atoms with van der Waals surface area (Å²) in [6.45, 7) is 0.544. The monoisotopic (exact) mass is 332 g/mol. The zero-order chi connectivity index (χ0) is 17.5. The highest BCUT2D eigenvalue weighted by Crippen LogP contribution is 2.37. The molecule has 128 valence electrons. The van der Waals surface area contributed by atoms with Crippen LogP contribution < -0.4 is 19.5 Å². The molecule has 0 bridgehead atoms. The second-order valence-electron chi connectivity index (χ2n) is 5.01. The van der Waals surface area contributed by atoms with Crippen LogP contribution in [0.15, 0.2) is 36.4 Å². The molecule has 1 N–H and O–H groups in total. The van der Waals surface area contributed by atoms with Crippen molar-refractivity contribution in [3.63, 3.8) is 0 Å². The fraction of sp³-hybridized carbons (Fsp3) is 0.294. The predicted molar refractivity (Wildman–Crippen MR) is 91.4 cm³/mol. The summed E-state index contributed by atoms with van der Waals surface area (Å²) in [5.41, 5.74) is 1.44. The van der Waals surface area contributed by atoms with E-state index >= 15 is 0 Å². The Kier molecular flexibility index (Phi) is 5.83. The number of nitro groups is 1. The van der Waals surface area contributed by atoms with Crippen LogP contribution >= 0.6 is 0 Å². The normalized spacial score (nSPS) is 10.1. The van der Waals surface area contributed by atoms with E-state index in [1.165, 1.54) is 20.3 Å². The number of hydrogen-bond donors (Lipinski definition) is 1. The van der Waals surface area contributed by atoms with E-state index < -0.39 is 4.92 Å². The maximum absolute atomic E-state index is 11.2. The van der Waals surface area contributed by atoms with Gasteiger partial charge in [-0.2, -0.15) is 0 Å². The molecule has 0 amide bonds. The lowest BCUT2D eigenvalue weighted by Gasteiger charge is -2.12. The molecular weight excluding hydrogens is 312 g/mol. The van der Waals surface area contributed by atoms with E-state index in [0.717, 1.165) is 17.7 Å². The summed E-state index contributed by atoms with van der Waals surface area (Å²) in [7, 11) is 4.55. The molecule has 2 aromatic rings. The first-order valence-corrected chi connectivity index (χ1v) is 7.36. The average molecular weight is 332 g/mol. The smallest absolute Gasteiger partial charge is 0.296 e. The Morgan fingerprint density at radius 3 is 2.17 bits per heavy atom. The summed E-state index contributed by atoms with van der Waals surface area (Å²) in [5, 5.41) is 14.3. The zero-order valence-electron chi connectivity index (χ0n) is 13.9. The summed E-state index contributed by atoms with van der Waals surface area (Å²) in [6, 6.07) is 10.6. The molecule has 0 aromatic heterocycles. The van der Waals surface area contributed by atoms with E-state index in [4.69, 9.17) is 14.2 Å². The average Bonchev–Trinajstić information content (AvgIpc) is 2.61. The van der Waals surface area contributed by atoms with Crippen LogP contribution in [0, 0.1) is 10.1 Å². The van der Waals surface area contributed by atoms with Crippen LogP contribution in [0.3, 0.4) is 0 Å². The molecule has 7 nitrogen and oxygen atoms in total. The van der Waals surface area contributed by atoms with Crippen LogP contribution in [-0.2, 0) is 6.42 Å². The van der Waals surface area contributed by atoms with Gasteiger partial charge >= 0.3 is 0 Å². The van der Waals surface area contributed by atoms with Crippen LogP contribution in [0.1, 0.15) is 5.56 Å². The minimum absolute atomic E-state index is 0.0534. The lowest BCUT2D eigenvalue weighted by Crippen LogP contribution is -2.07. The SMILES string of the molecule is COc1ccc(CCNc2cc(OC)c(OC)cc2[N+](=O)[O-])cc1. The zero-order valence-corrected chi connectivity index (χ0v) is 13.9. The summed E-state index contributed by atoms with van der Waals surface area (Å²) < 4.78 is 15.4. The number of benzene rings is 2. The Hall–Kier alpha value is -2.96. The van der Waals surface area contributed by atoms with Crippen LogP contribution in [0.5, 0.6) is 17.2 Å². The second-order valence-corrected chi connectivity index (χ2v) is 5.01. The quantitative estimate of drug-likeness (QED) is 0.590. The number of nitrogens with zero attached hydrogens (tertiary/aromatic N) is 1. The van der Waals surface area contributed by atoms with Crippen LogP contribution in [0.25, 0.3) is 0 Å². The number of rotatable bonds is 8.